The average molecular weight is 334 g/mol. The van der Waals surface area contributed by atoms with Gasteiger partial charge in [-0.1, -0.05) is 11.6 Å². The van der Waals surface area contributed by atoms with Crippen LogP contribution in [0.2, 0.25) is 5.02 Å². The van der Waals surface area contributed by atoms with Crippen LogP contribution >= 0.6 is 11.6 Å². The fraction of sp³-hybridized carbons (Fsp3) is 0.438. The van der Waals surface area contributed by atoms with Gasteiger partial charge in [-0.2, -0.15) is 5.10 Å². The van der Waals surface area contributed by atoms with E-state index in [2.05, 4.69) is 15.0 Å². The van der Waals surface area contributed by atoms with E-state index in [0.717, 1.165) is 32.6 Å². The lowest BCUT2D eigenvalue weighted by atomic mass is 10.2. The summed E-state index contributed by atoms with van der Waals surface area (Å²) in [5, 5.41) is 4.61. The maximum absolute atomic E-state index is 12.6. The van der Waals surface area contributed by atoms with Crippen molar-refractivity contribution in [3.8, 4) is 0 Å². The number of aromatic nitrogens is 3. The quantitative estimate of drug-likeness (QED) is 0.859. The van der Waals surface area contributed by atoms with Crippen molar-refractivity contribution < 1.29 is 4.79 Å². The highest BCUT2D eigenvalue weighted by Crippen LogP contribution is 2.17. The number of halogens is 1. The molecule has 3 heterocycles. The van der Waals surface area contributed by atoms with E-state index in [4.69, 9.17) is 11.6 Å². The van der Waals surface area contributed by atoms with E-state index < -0.39 is 0 Å². The fourth-order valence-corrected chi connectivity index (χ4v) is 3.04. The first-order chi connectivity index (χ1) is 11.1. The third kappa shape index (κ3) is 3.71. The van der Waals surface area contributed by atoms with Crippen LogP contribution in [0.4, 0.5) is 0 Å². The number of carbonyl (C=O) groups excluding carboxylic acids is 1. The third-order valence-electron chi connectivity index (χ3n) is 4.19. The van der Waals surface area contributed by atoms with Crippen molar-refractivity contribution in [2.24, 2.45) is 7.05 Å². The van der Waals surface area contributed by atoms with Crippen molar-refractivity contribution in [2.45, 2.75) is 13.0 Å². The van der Waals surface area contributed by atoms with Gasteiger partial charge in [0.1, 0.15) is 0 Å². The normalized spacial score (nSPS) is 16.3. The average Bonchev–Trinajstić information content (AvgIpc) is 2.81. The van der Waals surface area contributed by atoms with E-state index in [1.54, 1.807) is 12.3 Å². The molecule has 1 amide bonds. The largest absolute Gasteiger partial charge is 0.337 e. The van der Waals surface area contributed by atoms with Gasteiger partial charge >= 0.3 is 0 Å². The van der Waals surface area contributed by atoms with Crippen molar-refractivity contribution in [3.63, 3.8) is 0 Å². The van der Waals surface area contributed by atoms with Crippen molar-refractivity contribution in [1.29, 1.82) is 0 Å². The second kappa shape index (κ2) is 7.10. The van der Waals surface area contributed by atoms with Crippen molar-refractivity contribution in [1.82, 2.24) is 24.6 Å². The molecular weight excluding hydrogens is 314 g/mol. The van der Waals surface area contributed by atoms with Gasteiger partial charge in [0.25, 0.3) is 5.91 Å². The first kappa shape index (κ1) is 16.0. The summed E-state index contributed by atoms with van der Waals surface area (Å²) >= 11 is 6.09. The molecular formula is C16H20ClN5O. The summed E-state index contributed by atoms with van der Waals surface area (Å²) in [5.41, 5.74) is 1.71. The molecule has 7 heteroatoms. The van der Waals surface area contributed by atoms with Crippen LogP contribution in [-0.2, 0) is 13.6 Å². The number of carbonyl (C=O) groups is 1. The maximum atomic E-state index is 12.6. The van der Waals surface area contributed by atoms with Gasteiger partial charge in [-0.15, -0.1) is 0 Å². The number of nitrogens with zero attached hydrogens (tertiary/aromatic N) is 5. The lowest BCUT2D eigenvalue weighted by Crippen LogP contribution is -2.35. The maximum Gasteiger partial charge on any atom is 0.255 e. The van der Waals surface area contributed by atoms with E-state index in [-0.39, 0.29) is 5.91 Å². The summed E-state index contributed by atoms with van der Waals surface area (Å²) < 4.78 is 1.89. The van der Waals surface area contributed by atoms with Crippen LogP contribution in [0, 0.1) is 0 Å². The van der Waals surface area contributed by atoms with Gasteiger partial charge < -0.3 is 4.90 Å². The topological polar surface area (TPSA) is 54.3 Å². The predicted octanol–water partition coefficient (Wildman–Crippen LogP) is 1.82. The molecule has 1 saturated heterocycles. The van der Waals surface area contributed by atoms with Crippen LogP contribution in [0.5, 0.6) is 0 Å². The molecule has 0 spiro atoms. The molecule has 0 atom stereocenters. The van der Waals surface area contributed by atoms with Crippen LogP contribution in [0.15, 0.2) is 30.7 Å². The number of aryl methyl sites for hydroxylation is 1. The van der Waals surface area contributed by atoms with Gasteiger partial charge in [-0.3, -0.25) is 19.4 Å². The highest BCUT2D eigenvalue weighted by molar-refractivity contribution is 6.33. The number of rotatable bonds is 3. The molecule has 2 aromatic heterocycles. The molecule has 0 unspecified atom stereocenters. The van der Waals surface area contributed by atoms with Crippen LogP contribution in [0.25, 0.3) is 0 Å². The van der Waals surface area contributed by atoms with E-state index >= 15 is 0 Å². The summed E-state index contributed by atoms with van der Waals surface area (Å²) in [5.74, 6) is -0.0141. The Hall–Kier alpha value is -1.92. The number of hydrogen-bond acceptors (Lipinski definition) is 4. The fourth-order valence-electron chi connectivity index (χ4n) is 2.84. The van der Waals surface area contributed by atoms with Gasteiger partial charge in [-0.05, 0) is 18.6 Å². The monoisotopic (exact) mass is 333 g/mol. The van der Waals surface area contributed by atoms with Gasteiger partial charge in [0.15, 0.2) is 0 Å². The molecule has 2 aromatic rings. The Bertz CT molecular complexity index is 687. The lowest BCUT2D eigenvalue weighted by Gasteiger charge is -2.22. The first-order valence-corrected chi connectivity index (χ1v) is 8.11. The first-order valence-electron chi connectivity index (χ1n) is 7.73. The Labute approximate surface area is 140 Å². The molecule has 122 valence electrons. The van der Waals surface area contributed by atoms with Crippen LogP contribution in [-0.4, -0.2) is 56.7 Å². The van der Waals surface area contributed by atoms with Gasteiger partial charge in [0, 0.05) is 58.4 Å². The molecule has 0 bridgehead atoms. The zero-order valence-corrected chi connectivity index (χ0v) is 13.9. The lowest BCUT2D eigenvalue weighted by molar-refractivity contribution is 0.0761. The summed E-state index contributed by atoms with van der Waals surface area (Å²) in [6, 6.07) is 3.72. The van der Waals surface area contributed by atoms with Crippen molar-refractivity contribution >= 4 is 17.5 Å². The Kier molecular flexibility index (Phi) is 4.93. The number of amides is 1. The molecule has 1 aliphatic heterocycles. The molecule has 0 radical (unpaired) electrons. The zero-order chi connectivity index (χ0) is 16.2. The molecule has 0 N–H and O–H groups in total. The van der Waals surface area contributed by atoms with Gasteiger partial charge in [0.2, 0.25) is 0 Å². The predicted molar refractivity (Wildman–Crippen MR) is 88.3 cm³/mol. The summed E-state index contributed by atoms with van der Waals surface area (Å²) in [7, 11) is 1.95. The summed E-state index contributed by atoms with van der Waals surface area (Å²) in [6.45, 7) is 4.13. The smallest absolute Gasteiger partial charge is 0.255 e. The highest BCUT2D eigenvalue weighted by atomic mass is 35.5. The van der Waals surface area contributed by atoms with E-state index in [1.807, 2.05) is 28.9 Å². The van der Waals surface area contributed by atoms with Crippen molar-refractivity contribution in [2.75, 3.05) is 26.2 Å². The van der Waals surface area contributed by atoms with E-state index in [9.17, 15) is 4.79 Å². The Morgan fingerprint density at radius 3 is 2.83 bits per heavy atom. The Morgan fingerprint density at radius 1 is 1.22 bits per heavy atom. The van der Waals surface area contributed by atoms with E-state index in [1.165, 1.54) is 11.9 Å². The van der Waals surface area contributed by atoms with Crippen molar-refractivity contribution in [3.05, 3.63) is 47.0 Å². The summed E-state index contributed by atoms with van der Waals surface area (Å²) in [4.78, 5) is 20.8. The number of pyridine rings is 1. The molecule has 0 aromatic carbocycles. The van der Waals surface area contributed by atoms with Crippen LogP contribution in [0.3, 0.4) is 0 Å². The zero-order valence-electron chi connectivity index (χ0n) is 13.2. The van der Waals surface area contributed by atoms with Crippen LogP contribution in [0.1, 0.15) is 22.5 Å². The minimum Gasteiger partial charge on any atom is -0.337 e. The Balaban J connectivity index is 1.63. The third-order valence-corrected chi connectivity index (χ3v) is 4.49. The minimum absolute atomic E-state index is 0.0141. The van der Waals surface area contributed by atoms with Gasteiger partial charge in [0.05, 0.1) is 16.3 Å². The summed E-state index contributed by atoms with van der Waals surface area (Å²) in [6.07, 6.45) is 5.88. The van der Waals surface area contributed by atoms with E-state index in [0.29, 0.717) is 17.1 Å². The van der Waals surface area contributed by atoms with Gasteiger partial charge in [-0.25, -0.2) is 0 Å². The van der Waals surface area contributed by atoms with Crippen LogP contribution < -0.4 is 0 Å². The standard InChI is InChI=1S/C16H20ClN5O/c1-20-13(3-6-19-20)12-21-7-2-8-22(10-9-21)16(23)14-4-5-18-11-15(14)17/h3-6,11H,2,7-10,12H2,1H3. The molecule has 1 fully saturated rings. The SMILES string of the molecule is Cn1nccc1CN1CCCN(C(=O)c2ccncc2Cl)CC1. The highest BCUT2D eigenvalue weighted by Gasteiger charge is 2.22. The molecule has 3 rings (SSSR count). The second-order valence-corrected chi connectivity index (χ2v) is 6.13. The molecule has 23 heavy (non-hydrogen) atoms. The number of hydrogen-bond donors (Lipinski definition) is 0. The molecule has 0 aliphatic carbocycles. The second-order valence-electron chi connectivity index (χ2n) is 5.72. The molecule has 6 nitrogen and oxygen atoms in total. The molecule has 1 aliphatic rings. The molecule has 0 saturated carbocycles. The minimum atomic E-state index is -0.0141. The Morgan fingerprint density at radius 2 is 2.09 bits per heavy atom.